The van der Waals surface area contributed by atoms with Crippen LogP contribution in [0, 0.1) is 0 Å². The molecule has 1 heterocycles. The Morgan fingerprint density at radius 1 is 0.913 bits per heavy atom. The van der Waals surface area contributed by atoms with Gasteiger partial charge in [0.05, 0.1) is 5.75 Å². The van der Waals surface area contributed by atoms with E-state index in [2.05, 4.69) is 12.1 Å². The summed E-state index contributed by atoms with van der Waals surface area (Å²) < 4.78 is 27.3. The van der Waals surface area contributed by atoms with Crippen molar-refractivity contribution in [2.75, 3.05) is 13.1 Å². The Balaban J connectivity index is 1.77. The maximum atomic E-state index is 12.8. The molecule has 0 bridgehead atoms. The fourth-order valence-electron chi connectivity index (χ4n) is 3.23. The third-order valence-electron chi connectivity index (χ3n) is 4.49. The monoisotopic (exact) mass is 329 g/mol. The molecule has 4 heteroatoms. The molecular formula is C19H23NO2S. The van der Waals surface area contributed by atoms with Crippen LogP contribution in [0.1, 0.15) is 36.3 Å². The predicted octanol–water partition coefficient (Wildman–Crippen LogP) is 3.79. The highest BCUT2D eigenvalue weighted by molar-refractivity contribution is 7.88. The molecule has 1 atom stereocenters. The lowest BCUT2D eigenvalue weighted by Gasteiger charge is -2.24. The van der Waals surface area contributed by atoms with Crippen LogP contribution < -0.4 is 0 Å². The van der Waals surface area contributed by atoms with Gasteiger partial charge in [-0.05, 0) is 29.9 Å². The van der Waals surface area contributed by atoms with E-state index in [1.165, 1.54) is 5.56 Å². The second-order valence-electron chi connectivity index (χ2n) is 6.20. The summed E-state index contributed by atoms with van der Waals surface area (Å²) in [5, 5.41) is 0. The molecule has 1 saturated heterocycles. The SMILES string of the molecule is O=S(=O)(Cc1ccccc1)N1CCCCC(c2ccccc2)C1. The molecule has 0 spiro atoms. The van der Waals surface area contributed by atoms with Crippen LogP contribution >= 0.6 is 0 Å². The molecule has 0 saturated carbocycles. The highest BCUT2D eigenvalue weighted by atomic mass is 32.2. The topological polar surface area (TPSA) is 37.4 Å². The van der Waals surface area contributed by atoms with E-state index in [9.17, 15) is 8.42 Å². The minimum Gasteiger partial charge on any atom is -0.212 e. The molecule has 0 aromatic heterocycles. The van der Waals surface area contributed by atoms with E-state index in [1.807, 2.05) is 48.5 Å². The fraction of sp³-hybridized carbons (Fsp3) is 0.368. The van der Waals surface area contributed by atoms with Gasteiger partial charge in [-0.15, -0.1) is 0 Å². The molecule has 1 fully saturated rings. The van der Waals surface area contributed by atoms with Crippen molar-refractivity contribution in [3.05, 3.63) is 71.8 Å². The molecule has 2 aromatic rings. The Morgan fingerprint density at radius 3 is 2.26 bits per heavy atom. The first-order valence-corrected chi connectivity index (χ1v) is 9.83. The number of hydrogen-bond donors (Lipinski definition) is 0. The molecule has 3 rings (SSSR count). The fourth-order valence-corrected chi connectivity index (χ4v) is 4.84. The van der Waals surface area contributed by atoms with Gasteiger partial charge in [0.25, 0.3) is 0 Å². The summed E-state index contributed by atoms with van der Waals surface area (Å²) in [6.45, 7) is 1.23. The van der Waals surface area contributed by atoms with Crippen molar-refractivity contribution in [2.24, 2.45) is 0 Å². The molecule has 23 heavy (non-hydrogen) atoms. The predicted molar refractivity (Wildman–Crippen MR) is 93.7 cm³/mol. The largest absolute Gasteiger partial charge is 0.218 e. The van der Waals surface area contributed by atoms with Gasteiger partial charge in [-0.1, -0.05) is 67.1 Å². The van der Waals surface area contributed by atoms with Crippen LogP contribution in [0.15, 0.2) is 60.7 Å². The minimum absolute atomic E-state index is 0.0926. The third-order valence-corrected chi connectivity index (χ3v) is 6.31. The molecule has 1 unspecified atom stereocenters. The molecule has 0 radical (unpaired) electrons. The minimum atomic E-state index is -3.27. The highest BCUT2D eigenvalue weighted by Crippen LogP contribution is 2.28. The van der Waals surface area contributed by atoms with E-state index < -0.39 is 10.0 Å². The van der Waals surface area contributed by atoms with Crippen LogP contribution in [0.5, 0.6) is 0 Å². The van der Waals surface area contributed by atoms with Gasteiger partial charge in [0, 0.05) is 13.1 Å². The summed E-state index contributed by atoms with van der Waals surface area (Å²) in [5.74, 6) is 0.388. The Morgan fingerprint density at radius 2 is 1.57 bits per heavy atom. The van der Waals surface area contributed by atoms with Crippen LogP contribution in [0.4, 0.5) is 0 Å². The van der Waals surface area contributed by atoms with Crippen molar-refractivity contribution in [3.8, 4) is 0 Å². The Kier molecular flexibility index (Phi) is 5.13. The summed E-state index contributed by atoms with van der Waals surface area (Å²) in [5.41, 5.74) is 2.10. The standard InChI is InChI=1S/C19H23NO2S/c21-23(22,16-17-9-3-1-4-10-17)20-14-8-7-13-19(15-20)18-11-5-2-6-12-18/h1-6,9-12,19H,7-8,13-16H2. The smallest absolute Gasteiger partial charge is 0.212 e. The molecule has 2 aromatic carbocycles. The van der Waals surface area contributed by atoms with E-state index in [0.29, 0.717) is 19.0 Å². The average molecular weight is 329 g/mol. The quantitative estimate of drug-likeness (QED) is 0.856. The van der Waals surface area contributed by atoms with Crippen molar-refractivity contribution >= 4 is 10.0 Å². The Hall–Kier alpha value is -1.65. The number of sulfonamides is 1. The Bertz CT molecular complexity index is 714. The first-order valence-electron chi connectivity index (χ1n) is 8.22. The number of rotatable bonds is 4. The van der Waals surface area contributed by atoms with Crippen LogP contribution in [-0.4, -0.2) is 25.8 Å². The maximum absolute atomic E-state index is 12.8. The summed E-state index contributed by atoms with van der Waals surface area (Å²) in [6, 6.07) is 19.7. The average Bonchev–Trinajstić information content (AvgIpc) is 2.83. The zero-order valence-electron chi connectivity index (χ0n) is 13.3. The summed E-state index contributed by atoms with van der Waals surface area (Å²) in [6.07, 6.45) is 3.08. The van der Waals surface area contributed by atoms with Gasteiger partial charge >= 0.3 is 0 Å². The van der Waals surface area contributed by atoms with Gasteiger partial charge in [-0.3, -0.25) is 0 Å². The molecule has 1 aliphatic rings. The molecule has 0 aliphatic carbocycles. The van der Waals surface area contributed by atoms with E-state index in [-0.39, 0.29) is 5.75 Å². The van der Waals surface area contributed by atoms with Gasteiger partial charge in [-0.2, -0.15) is 0 Å². The van der Waals surface area contributed by atoms with E-state index >= 15 is 0 Å². The van der Waals surface area contributed by atoms with Crippen LogP contribution in [0.3, 0.4) is 0 Å². The van der Waals surface area contributed by atoms with Crippen LogP contribution in [0.2, 0.25) is 0 Å². The first kappa shape index (κ1) is 16.2. The number of benzene rings is 2. The lowest BCUT2D eigenvalue weighted by Crippen LogP contribution is -2.35. The second kappa shape index (κ2) is 7.28. The van der Waals surface area contributed by atoms with Gasteiger partial charge in [0.15, 0.2) is 0 Å². The summed E-state index contributed by atoms with van der Waals surface area (Å²) in [7, 11) is -3.27. The normalized spacial score (nSPS) is 20.1. The van der Waals surface area contributed by atoms with Crippen molar-refractivity contribution in [3.63, 3.8) is 0 Å². The molecule has 3 nitrogen and oxygen atoms in total. The van der Waals surface area contributed by atoms with Gasteiger partial charge in [0.1, 0.15) is 0 Å². The lowest BCUT2D eigenvalue weighted by molar-refractivity contribution is 0.405. The number of hydrogen-bond acceptors (Lipinski definition) is 2. The van der Waals surface area contributed by atoms with Gasteiger partial charge < -0.3 is 0 Å². The van der Waals surface area contributed by atoms with Crippen molar-refractivity contribution in [1.82, 2.24) is 4.31 Å². The van der Waals surface area contributed by atoms with Crippen molar-refractivity contribution < 1.29 is 8.42 Å². The van der Waals surface area contributed by atoms with Gasteiger partial charge in [-0.25, -0.2) is 12.7 Å². The molecular weight excluding hydrogens is 306 g/mol. The van der Waals surface area contributed by atoms with Crippen LogP contribution in [-0.2, 0) is 15.8 Å². The molecule has 0 amide bonds. The van der Waals surface area contributed by atoms with E-state index in [1.54, 1.807) is 4.31 Å². The number of nitrogens with zero attached hydrogens (tertiary/aromatic N) is 1. The van der Waals surface area contributed by atoms with E-state index in [4.69, 9.17) is 0 Å². The van der Waals surface area contributed by atoms with Crippen molar-refractivity contribution in [1.29, 1.82) is 0 Å². The summed E-state index contributed by atoms with van der Waals surface area (Å²) in [4.78, 5) is 0. The van der Waals surface area contributed by atoms with Crippen molar-refractivity contribution in [2.45, 2.75) is 30.9 Å². The maximum Gasteiger partial charge on any atom is 0.218 e. The zero-order valence-corrected chi connectivity index (χ0v) is 14.1. The zero-order chi connectivity index (χ0) is 16.1. The summed E-state index contributed by atoms with van der Waals surface area (Å²) >= 11 is 0. The molecule has 122 valence electrons. The first-order chi connectivity index (χ1) is 11.1. The lowest BCUT2D eigenvalue weighted by atomic mass is 9.95. The second-order valence-corrected chi connectivity index (χ2v) is 8.17. The molecule has 0 N–H and O–H groups in total. The Labute approximate surface area is 139 Å². The molecule has 1 aliphatic heterocycles. The third kappa shape index (κ3) is 4.21. The van der Waals surface area contributed by atoms with Gasteiger partial charge in [0.2, 0.25) is 10.0 Å². The van der Waals surface area contributed by atoms with E-state index in [0.717, 1.165) is 24.8 Å². The highest BCUT2D eigenvalue weighted by Gasteiger charge is 2.28. The van der Waals surface area contributed by atoms with Crippen LogP contribution in [0.25, 0.3) is 0 Å².